The standard InChI is InChI=1S/C22H20O4/c1-2-26-22(25)20-6-4-3-5-19(20)21(15-7-11-17(23)12-8-15)16-9-13-18(24)14-10-16/h3-14,21,23-24H,2H2,1H3. The van der Waals surface area contributed by atoms with Crippen LogP contribution >= 0.6 is 0 Å². The number of benzene rings is 3. The molecule has 0 saturated heterocycles. The van der Waals surface area contributed by atoms with Crippen LogP contribution in [0, 0.1) is 0 Å². The number of carbonyl (C=O) groups excluding carboxylic acids is 1. The number of hydrogen-bond donors (Lipinski definition) is 2. The first kappa shape index (κ1) is 17.5. The van der Waals surface area contributed by atoms with Crippen LogP contribution in [-0.4, -0.2) is 22.8 Å². The van der Waals surface area contributed by atoms with E-state index in [0.29, 0.717) is 12.2 Å². The molecule has 4 nitrogen and oxygen atoms in total. The lowest BCUT2D eigenvalue weighted by Gasteiger charge is -2.21. The Morgan fingerprint density at radius 2 is 1.35 bits per heavy atom. The Bertz CT molecular complexity index is 837. The van der Waals surface area contributed by atoms with Gasteiger partial charge in [0.2, 0.25) is 0 Å². The Balaban J connectivity index is 2.17. The maximum Gasteiger partial charge on any atom is 0.338 e. The fourth-order valence-corrected chi connectivity index (χ4v) is 3.03. The van der Waals surface area contributed by atoms with Gasteiger partial charge in [0, 0.05) is 5.92 Å². The van der Waals surface area contributed by atoms with Gasteiger partial charge in [0.1, 0.15) is 11.5 Å². The number of phenols is 2. The van der Waals surface area contributed by atoms with Crippen molar-refractivity contribution in [2.24, 2.45) is 0 Å². The molecule has 0 fully saturated rings. The van der Waals surface area contributed by atoms with Crippen molar-refractivity contribution in [3.8, 4) is 11.5 Å². The summed E-state index contributed by atoms with van der Waals surface area (Å²) in [4.78, 5) is 12.4. The van der Waals surface area contributed by atoms with Crippen LogP contribution in [0.4, 0.5) is 0 Å². The van der Waals surface area contributed by atoms with Crippen molar-refractivity contribution in [1.82, 2.24) is 0 Å². The van der Waals surface area contributed by atoms with Crippen LogP contribution in [0.5, 0.6) is 11.5 Å². The number of aromatic hydroxyl groups is 2. The van der Waals surface area contributed by atoms with E-state index in [2.05, 4.69) is 0 Å². The lowest BCUT2D eigenvalue weighted by atomic mass is 9.83. The third-order valence-electron chi connectivity index (χ3n) is 4.22. The second kappa shape index (κ2) is 7.74. The zero-order valence-electron chi connectivity index (χ0n) is 14.4. The summed E-state index contributed by atoms with van der Waals surface area (Å²) in [5, 5.41) is 19.2. The Morgan fingerprint density at radius 3 is 1.85 bits per heavy atom. The number of hydrogen-bond acceptors (Lipinski definition) is 4. The molecule has 0 spiro atoms. The van der Waals surface area contributed by atoms with Crippen molar-refractivity contribution in [3.05, 3.63) is 95.1 Å². The van der Waals surface area contributed by atoms with Gasteiger partial charge in [-0.25, -0.2) is 4.79 Å². The Hall–Kier alpha value is -3.27. The van der Waals surface area contributed by atoms with E-state index < -0.39 is 0 Å². The number of phenolic OH excluding ortho intramolecular Hbond substituents is 2. The van der Waals surface area contributed by atoms with E-state index in [0.717, 1.165) is 16.7 Å². The van der Waals surface area contributed by atoms with E-state index in [9.17, 15) is 15.0 Å². The lowest BCUT2D eigenvalue weighted by Crippen LogP contribution is -2.12. The molecule has 0 heterocycles. The summed E-state index contributed by atoms with van der Waals surface area (Å²) in [5.41, 5.74) is 3.15. The van der Waals surface area contributed by atoms with Crippen LogP contribution in [0.3, 0.4) is 0 Å². The summed E-state index contributed by atoms with van der Waals surface area (Å²) in [6.07, 6.45) is 0. The average Bonchev–Trinajstić information content (AvgIpc) is 2.66. The predicted octanol–water partition coefficient (Wildman–Crippen LogP) is 4.45. The first-order valence-electron chi connectivity index (χ1n) is 8.44. The van der Waals surface area contributed by atoms with E-state index in [1.165, 1.54) is 0 Å². The van der Waals surface area contributed by atoms with Crippen molar-refractivity contribution in [2.45, 2.75) is 12.8 Å². The third-order valence-corrected chi connectivity index (χ3v) is 4.22. The maximum atomic E-state index is 12.4. The van der Waals surface area contributed by atoms with Crippen molar-refractivity contribution in [2.75, 3.05) is 6.61 Å². The van der Waals surface area contributed by atoms with Gasteiger partial charge in [0.25, 0.3) is 0 Å². The lowest BCUT2D eigenvalue weighted by molar-refractivity contribution is 0.0525. The molecular weight excluding hydrogens is 328 g/mol. The molecule has 0 atom stereocenters. The van der Waals surface area contributed by atoms with E-state index >= 15 is 0 Å². The summed E-state index contributed by atoms with van der Waals surface area (Å²) in [7, 11) is 0. The van der Waals surface area contributed by atoms with Gasteiger partial charge >= 0.3 is 5.97 Å². The van der Waals surface area contributed by atoms with Crippen LogP contribution in [-0.2, 0) is 4.74 Å². The highest BCUT2D eigenvalue weighted by Gasteiger charge is 2.23. The van der Waals surface area contributed by atoms with Crippen LogP contribution in [0.1, 0.15) is 39.9 Å². The van der Waals surface area contributed by atoms with Crippen molar-refractivity contribution >= 4 is 5.97 Å². The molecule has 26 heavy (non-hydrogen) atoms. The summed E-state index contributed by atoms with van der Waals surface area (Å²) in [6, 6.07) is 21.1. The first-order chi connectivity index (χ1) is 12.6. The molecule has 0 aromatic heterocycles. The van der Waals surface area contributed by atoms with Crippen LogP contribution in [0.2, 0.25) is 0 Å². The molecule has 4 heteroatoms. The van der Waals surface area contributed by atoms with E-state index in [1.54, 1.807) is 43.3 Å². The zero-order chi connectivity index (χ0) is 18.5. The molecule has 3 aromatic rings. The zero-order valence-corrected chi connectivity index (χ0v) is 14.4. The molecule has 0 radical (unpaired) electrons. The van der Waals surface area contributed by atoms with Gasteiger partial charge in [0.05, 0.1) is 12.2 Å². The molecule has 3 aromatic carbocycles. The van der Waals surface area contributed by atoms with Crippen molar-refractivity contribution in [3.63, 3.8) is 0 Å². The van der Waals surface area contributed by atoms with Gasteiger partial charge < -0.3 is 14.9 Å². The van der Waals surface area contributed by atoms with Gasteiger partial charge in [0.15, 0.2) is 0 Å². The highest BCUT2D eigenvalue weighted by Crippen LogP contribution is 2.35. The fourth-order valence-electron chi connectivity index (χ4n) is 3.03. The van der Waals surface area contributed by atoms with E-state index in [4.69, 9.17) is 4.74 Å². The molecule has 2 N–H and O–H groups in total. The molecule has 0 bridgehead atoms. The summed E-state index contributed by atoms with van der Waals surface area (Å²) < 4.78 is 5.21. The molecule has 0 aliphatic carbocycles. The van der Waals surface area contributed by atoms with Crippen LogP contribution in [0.15, 0.2) is 72.8 Å². The maximum absolute atomic E-state index is 12.4. The second-order valence-electron chi connectivity index (χ2n) is 5.92. The number of esters is 1. The second-order valence-corrected chi connectivity index (χ2v) is 5.92. The summed E-state index contributed by atoms with van der Waals surface area (Å²) in [5.74, 6) is -0.253. The quantitative estimate of drug-likeness (QED) is 0.528. The topological polar surface area (TPSA) is 66.8 Å². The first-order valence-corrected chi connectivity index (χ1v) is 8.44. The largest absolute Gasteiger partial charge is 0.508 e. The van der Waals surface area contributed by atoms with Gasteiger partial charge in [-0.3, -0.25) is 0 Å². The van der Waals surface area contributed by atoms with E-state index in [-0.39, 0.29) is 23.4 Å². The number of rotatable bonds is 5. The summed E-state index contributed by atoms with van der Waals surface area (Å²) in [6.45, 7) is 2.08. The highest BCUT2D eigenvalue weighted by molar-refractivity contribution is 5.91. The minimum atomic E-state index is -0.370. The van der Waals surface area contributed by atoms with Gasteiger partial charge in [-0.05, 0) is 53.9 Å². The Kier molecular flexibility index (Phi) is 5.23. The van der Waals surface area contributed by atoms with Gasteiger partial charge in [-0.15, -0.1) is 0 Å². The Labute approximate surface area is 152 Å². The van der Waals surface area contributed by atoms with Crippen molar-refractivity contribution < 1.29 is 19.7 Å². The summed E-state index contributed by atoms with van der Waals surface area (Å²) >= 11 is 0. The third kappa shape index (κ3) is 3.70. The molecular formula is C22H20O4. The minimum Gasteiger partial charge on any atom is -0.508 e. The monoisotopic (exact) mass is 348 g/mol. The molecule has 0 amide bonds. The van der Waals surface area contributed by atoms with Crippen LogP contribution in [0.25, 0.3) is 0 Å². The molecule has 0 saturated carbocycles. The SMILES string of the molecule is CCOC(=O)c1ccccc1C(c1ccc(O)cc1)c1ccc(O)cc1. The number of ether oxygens (including phenoxy) is 1. The Morgan fingerprint density at radius 1 is 0.846 bits per heavy atom. The highest BCUT2D eigenvalue weighted by atomic mass is 16.5. The molecule has 0 unspecified atom stereocenters. The average molecular weight is 348 g/mol. The number of carbonyl (C=O) groups is 1. The smallest absolute Gasteiger partial charge is 0.338 e. The van der Waals surface area contributed by atoms with E-state index in [1.807, 2.05) is 36.4 Å². The molecule has 132 valence electrons. The normalized spacial score (nSPS) is 10.7. The molecule has 3 rings (SSSR count). The van der Waals surface area contributed by atoms with Gasteiger partial charge in [-0.1, -0.05) is 42.5 Å². The van der Waals surface area contributed by atoms with Gasteiger partial charge in [-0.2, -0.15) is 0 Å². The minimum absolute atomic E-state index is 0.178. The van der Waals surface area contributed by atoms with Crippen LogP contribution < -0.4 is 0 Å². The predicted molar refractivity (Wildman–Crippen MR) is 99.6 cm³/mol. The molecule has 0 aliphatic heterocycles. The molecule has 0 aliphatic rings. The van der Waals surface area contributed by atoms with Crippen molar-refractivity contribution in [1.29, 1.82) is 0 Å². The fraction of sp³-hybridized carbons (Fsp3) is 0.136.